The van der Waals surface area contributed by atoms with E-state index in [2.05, 4.69) is 0 Å². The summed E-state index contributed by atoms with van der Waals surface area (Å²) < 4.78 is 23.7. The molecule has 21 heavy (non-hydrogen) atoms. The van der Waals surface area contributed by atoms with Gasteiger partial charge in [0.25, 0.3) is 0 Å². The lowest BCUT2D eigenvalue weighted by Crippen LogP contribution is -2.12. The van der Waals surface area contributed by atoms with Crippen molar-refractivity contribution in [3.8, 4) is 11.5 Å². The lowest BCUT2D eigenvalue weighted by atomic mass is 10.1. The number of aryl methyl sites for hydroxylation is 1. The van der Waals surface area contributed by atoms with Crippen molar-refractivity contribution in [2.75, 3.05) is 13.7 Å². The van der Waals surface area contributed by atoms with Crippen LogP contribution in [0.5, 0.6) is 11.5 Å². The van der Waals surface area contributed by atoms with Crippen LogP contribution in [0.3, 0.4) is 0 Å². The highest BCUT2D eigenvalue weighted by atomic mass is 35.5. The van der Waals surface area contributed by atoms with E-state index in [-0.39, 0.29) is 23.7 Å². The summed E-state index contributed by atoms with van der Waals surface area (Å²) in [5.74, 6) is -0.413. The van der Waals surface area contributed by atoms with Crippen LogP contribution in [-0.2, 0) is 0 Å². The molecule has 0 saturated carbocycles. The minimum absolute atomic E-state index is 0.0917. The van der Waals surface area contributed by atoms with Gasteiger partial charge in [0.2, 0.25) is 0 Å². The van der Waals surface area contributed by atoms with E-state index in [1.165, 1.54) is 19.2 Å². The van der Waals surface area contributed by atoms with Crippen molar-refractivity contribution in [3.05, 3.63) is 58.4 Å². The van der Waals surface area contributed by atoms with Crippen LogP contribution in [0, 0.1) is 12.7 Å². The monoisotopic (exact) mass is 308 g/mol. The molecule has 0 N–H and O–H groups in total. The third kappa shape index (κ3) is 3.73. The molecule has 5 heteroatoms. The van der Waals surface area contributed by atoms with Crippen LogP contribution in [0.4, 0.5) is 4.39 Å². The lowest BCUT2D eigenvalue weighted by molar-refractivity contribution is 0.0921. The lowest BCUT2D eigenvalue weighted by Gasteiger charge is -2.08. The van der Waals surface area contributed by atoms with E-state index in [1.807, 2.05) is 13.0 Å². The van der Waals surface area contributed by atoms with Gasteiger partial charge >= 0.3 is 0 Å². The summed E-state index contributed by atoms with van der Waals surface area (Å²) in [6.45, 7) is 1.69. The highest BCUT2D eigenvalue weighted by Crippen LogP contribution is 2.25. The number of ketones is 1. The SMILES string of the molecule is COc1ccc(C(=O)COc2ccc(C)cc2Cl)cc1F. The summed E-state index contributed by atoms with van der Waals surface area (Å²) >= 11 is 6.01. The highest BCUT2D eigenvalue weighted by Gasteiger charge is 2.12. The fraction of sp³-hybridized carbons (Fsp3) is 0.188. The van der Waals surface area contributed by atoms with Gasteiger partial charge in [-0.2, -0.15) is 0 Å². The van der Waals surface area contributed by atoms with Gasteiger partial charge in [-0.25, -0.2) is 4.39 Å². The molecule has 0 unspecified atom stereocenters. The quantitative estimate of drug-likeness (QED) is 0.781. The second-order valence-electron chi connectivity index (χ2n) is 4.50. The van der Waals surface area contributed by atoms with E-state index in [9.17, 15) is 9.18 Å². The Bertz CT molecular complexity index is 671. The van der Waals surface area contributed by atoms with Crippen molar-refractivity contribution in [2.24, 2.45) is 0 Å². The molecule has 2 aromatic rings. The molecular weight excluding hydrogens is 295 g/mol. The molecule has 0 aliphatic rings. The Balaban J connectivity index is 2.06. The molecular formula is C16H14ClFO3. The van der Waals surface area contributed by atoms with Crippen molar-refractivity contribution in [3.63, 3.8) is 0 Å². The normalized spacial score (nSPS) is 10.3. The Kier molecular flexibility index (Phi) is 4.81. The van der Waals surface area contributed by atoms with Gasteiger partial charge in [0.1, 0.15) is 5.75 Å². The Morgan fingerprint density at radius 3 is 2.52 bits per heavy atom. The number of carbonyl (C=O) groups is 1. The van der Waals surface area contributed by atoms with Crippen molar-refractivity contribution >= 4 is 17.4 Å². The number of methoxy groups -OCH3 is 1. The largest absolute Gasteiger partial charge is 0.494 e. The maximum absolute atomic E-state index is 13.5. The fourth-order valence-electron chi connectivity index (χ4n) is 1.79. The molecule has 2 rings (SSSR count). The number of ether oxygens (including phenoxy) is 2. The molecule has 110 valence electrons. The second kappa shape index (κ2) is 6.59. The number of carbonyl (C=O) groups excluding carboxylic acids is 1. The number of hydrogen-bond donors (Lipinski definition) is 0. The first-order valence-corrected chi connectivity index (χ1v) is 6.64. The van der Waals surface area contributed by atoms with E-state index < -0.39 is 5.82 Å². The summed E-state index contributed by atoms with van der Waals surface area (Å²) in [4.78, 5) is 12.0. The maximum atomic E-state index is 13.5. The van der Waals surface area contributed by atoms with Crippen molar-refractivity contribution in [2.45, 2.75) is 6.92 Å². The Morgan fingerprint density at radius 1 is 1.19 bits per heavy atom. The molecule has 3 nitrogen and oxygen atoms in total. The zero-order valence-electron chi connectivity index (χ0n) is 11.7. The first-order chi connectivity index (χ1) is 10.0. The molecule has 0 fully saturated rings. The first-order valence-electron chi connectivity index (χ1n) is 6.27. The van der Waals surface area contributed by atoms with Gasteiger partial charge in [-0.15, -0.1) is 0 Å². The zero-order chi connectivity index (χ0) is 15.4. The summed E-state index contributed by atoms with van der Waals surface area (Å²) in [5, 5.41) is 0.434. The standard InChI is InChI=1S/C16H14ClFO3/c1-10-3-5-15(12(17)7-10)21-9-14(19)11-4-6-16(20-2)13(18)8-11/h3-8H,9H2,1-2H3. The van der Waals surface area contributed by atoms with Gasteiger partial charge in [-0.1, -0.05) is 17.7 Å². The molecule has 0 bridgehead atoms. The molecule has 0 aliphatic heterocycles. The van der Waals surface area contributed by atoms with Crippen LogP contribution in [0.2, 0.25) is 5.02 Å². The molecule has 0 aromatic heterocycles. The number of rotatable bonds is 5. The topological polar surface area (TPSA) is 35.5 Å². The van der Waals surface area contributed by atoms with Crippen LogP contribution in [0.1, 0.15) is 15.9 Å². The molecule has 0 atom stereocenters. The number of hydrogen-bond acceptors (Lipinski definition) is 3. The summed E-state index contributed by atoms with van der Waals surface area (Å²) in [6.07, 6.45) is 0. The molecule has 0 saturated heterocycles. The average molecular weight is 309 g/mol. The van der Waals surface area contributed by atoms with Gasteiger partial charge < -0.3 is 9.47 Å². The second-order valence-corrected chi connectivity index (χ2v) is 4.90. The number of halogens is 2. The number of benzene rings is 2. The number of Topliss-reactive ketones (excluding diaryl/α,β-unsaturated/α-hetero) is 1. The van der Waals surface area contributed by atoms with Crippen molar-refractivity contribution in [1.29, 1.82) is 0 Å². The minimum Gasteiger partial charge on any atom is -0.494 e. The maximum Gasteiger partial charge on any atom is 0.200 e. The van der Waals surface area contributed by atoms with Crippen LogP contribution < -0.4 is 9.47 Å². The molecule has 0 heterocycles. The van der Waals surface area contributed by atoms with Gasteiger partial charge in [0, 0.05) is 5.56 Å². The summed E-state index contributed by atoms with van der Waals surface area (Å²) in [5.41, 5.74) is 1.22. The average Bonchev–Trinajstić information content (AvgIpc) is 2.46. The van der Waals surface area contributed by atoms with E-state index in [0.29, 0.717) is 10.8 Å². The van der Waals surface area contributed by atoms with Crippen LogP contribution in [-0.4, -0.2) is 19.5 Å². The highest BCUT2D eigenvalue weighted by molar-refractivity contribution is 6.32. The van der Waals surface area contributed by atoms with Gasteiger partial charge in [0.05, 0.1) is 12.1 Å². The predicted molar refractivity (Wildman–Crippen MR) is 79.0 cm³/mol. The first kappa shape index (κ1) is 15.3. The van der Waals surface area contributed by atoms with E-state index in [4.69, 9.17) is 21.1 Å². The molecule has 0 amide bonds. The van der Waals surface area contributed by atoms with E-state index in [0.717, 1.165) is 11.6 Å². The smallest absolute Gasteiger partial charge is 0.200 e. The molecule has 0 spiro atoms. The molecule has 2 aromatic carbocycles. The van der Waals surface area contributed by atoms with Crippen LogP contribution >= 0.6 is 11.6 Å². The zero-order valence-corrected chi connectivity index (χ0v) is 12.4. The summed E-state index contributed by atoms with van der Waals surface area (Å²) in [6, 6.07) is 9.29. The fourth-order valence-corrected chi connectivity index (χ4v) is 2.08. The van der Waals surface area contributed by atoms with Crippen LogP contribution in [0.25, 0.3) is 0 Å². The van der Waals surface area contributed by atoms with Crippen molar-refractivity contribution in [1.82, 2.24) is 0 Å². The third-order valence-electron chi connectivity index (χ3n) is 2.92. The Hall–Kier alpha value is -2.07. The molecule has 0 radical (unpaired) electrons. The van der Waals surface area contributed by atoms with Gasteiger partial charge in [-0.3, -0.25) is 4.79 Å². The van der Waals surface area contributed by atoms with Crippen LogP contribution in [0.15, 0.2) is 36.4 Å². The van der Waals surface area contributed by atoms with E-state index in [1.54, 1.807) is 12.1 Å². The van der Waals surface area contributed by atoms with Gasteiger partial charge in [0.15, 0.2) is 24.0 Å². The summed E-state index contributed by atoms with van der Waals surface area (Å²) in [7, 11) is 1.36. The third-order valence-corrected chi connectivity index (χ3v) is 3.22. The predicted octanol–water partition coefficient (Wildman–Crippen LogP) is 4.06. The van der Waals surface area contributed by atoms with Crippen molar-refractivity contribution < 1.29 is 18.7 Å². The minimum atomic E-state index is -0.586. The molecule has 0 aliphatic carbocycles. The van der Waals surface area contributed by atoms with E-state index >= 15 is 0 Å². The Morgan fingerprint density at radius 2 is 1.90 bits per heavy atom. The Labute approximate surface area is 127 Å². The van der Waals surface area contributed by atoms with Gasteiger partial charge in [-0.05, 0) is 42.8 Å².